The molecule has 24 heavy (non-hydrogen) atoms. The Hall–Kier alpha value is -2.11. The van der Waals surface area contributed by atoms with Crippen molar-refractivity contribution in [2.24, 2.45) is 13.0 Å². The third-order valence-corrected chi connectivity index (χ3v) is 4.19. The van der Waals surface area contributed by atoms with Gasteiger partial charge in [0.15, 0.2) is 0 Å². The molecule has 0 saturated carbocycles. The van der Waals surface area contributed by atoms with Gasteiger partial charge in [0.1, 0.15) is 11.6 Å². The Morgan fingerprint density at radius 2 is 1.96 bits per heavy atom. The lowest BCUT2D eigenvalue weighted by molar-refractivity contribution is -0.163. The highest BCUT2D eigenvalue weighted by molar-refractivity contribution is 5.97. The molecule has 1 amide bonds. The van der Waals surface area contributed by atoms with Crippen LogP contribution in [0.15, 0.2) is 23.1 Å². The van der Waals surface area contributed by atoms with Gasteiger partial charge in [-0.3, -0.25) is 9.59 Å². The SMILES string of the molecule is CC1CCCN(C(=O)c2ccn(C)c(=O)c2)C1C(=O)OC(C)(C)C. The van der Waals surface area contributed by atoms with Crippen LogP contribution in [-0.2, 0) is 16.6 Å². The Morgan fingerprint density at radius 1 is 1.29 bits per heavy atom. The van der Waals surface area contributed by atoms with Crippen LogP contribution in [0.5, 0.6) is 0 Å². The lowest BCUT2D eigenvalue weighted by Gasteiger charge is -2.39. The van der Waals surface area contributed by atoms with Crippen LogP contribution in [0, 0.1) is 5.92 Å². The summed E-state index contributed by atoms with van der Waals surface area (Å²) >= 11 is 0. The number of aromatic nitrogens is 1. The number of carbonyl (C=O) groups is 2. The van der Waals surface area contributed by atoms with Crippen LogP contribution in [0.25, 0.3) is 0 Å². The summed E-state index contributed by atoms with van der Waals surface area (Å²) in [5.74, 6) is -0.661. The van der Waals surface area contributed by atoms with Crippen molar-refractivity contribution in [3.63, 3.8) is 0 Å². The Bertz CT molecular complexity index is 687. The van der Waals surface area contributed by atoms with Gasteiger partial charge in [0, 0.05) is 31.4 Å². The molecular weight excluding hydrogens is 308 g/mol. The van der Waals surface area contributed by atoms with Crippen molar-refractivity contribution in [1.29, 1.82) is 0 Å². The molecule has 2 heterocycles. The van der Waals surface area contributed by atoms with Gasteiger partial charge in [-0.05, 0) is 45.6 Å². The average Bonchev–Trinajstić information content (AvgIpc) is 2.47. The van der Waals surface area contributed by atoms with E-state index in [2.05, 4.69) is 0 Å². The highest BCUT2D eigenvalue weighted by Gasteiger charge is 2.39. The van der Waals surface area contributed by atoms with E-state index in [1.807, 2.05) is 27.7 Å². The van der Waals surface area contributed by atoms with Crippen LogP contribution in [0.3, 0.4) is 0 Å². The normalized spacial score (nSPS) is 21.5. The summed E-state index contributed by atoms with van der Waals surface area (Å²) in [6, 6.07) is 2.30. The van der Waals surface area contributed by atoms with E-state index in [-0.39, 0.29) is 23.4 Å². The van der Waals surface area contributed by atoms with Crippen LogP contribution in [0.1, 0.15) is 50.9 Å². The van der Waals surface area contributed by atoms with E-state index in [1.165, 1.54) is 10.6 Å². The fourth-order valence-corrected chi connectivity index (χ4v) is 2.98. The number of piperidine rings is 1. The summed E-state index contributed by atoms with van der Waals surface area (Å²) in [6.45, 7) is 7.88. The third-order valence-electron chi connectivity index (χ3n) is 4.19. The second kappa shape index (κ2) is 6.79. The van der Waals surface area contributed by atoms with E-state index in [4.69, 9.17) is 4.74 Å². The minimum atomic E-state index is -0.616. The Kier molecular flexibility index (Phi) is 5.16. The summed E-state index contributed by atoms with van der Waals surface area (Å²) in [7, 11) is 1.63. The predicted octanol–water partition coefficient (Wildman–Crippen LogP) is 1.97. The molecule has 1 saturated heterocycles. The molecule has 132 valence electrons. The molecule has 2 unspecified atom stereocenters. The summed E-state index contributed by atoms with van der Waals surface area (Å²) in [4.78, 5) is 38.8. The zero-order chi connectivity index (χ0) is 18.1. The highest BCUT2D eigenvalue weighted by atomic mass is 16.6. The molecule has 0 aliphatic carbocycles. The van der Waals surface area contributed by atoms with Crippen molar-refractivity contribution in [2.45, 2.75) is 52.2 Å². The number of nitrogens with zero attached hydrogens (tertiary/aromatic N) is 2. The van der Waals surface area contributed by atoms with Gasteiger partial charge in [0.05, 0.1) is 0 Å². The standard InChI is InChI=1S/C18H26N2O4/c1-12-7-6-9-20(15(12)17(23)24-18(2,3)4)16(22)13-8-10-19(5)14(21)11-13/h8,10-12,15H,6-7,9H2,1-5H3. The number of esters is 1. The van der Waals surface area contributed by atoms with E-state index < -0.39 is 11.6 Å². The lowest BCUT2D eigenvalue weighted by Crippen LogP contribution is -2.53. The minimum absolute atomic E-state index is 0.0177. The smallest absolute Gasteiger partial charge is 0.329 e. The average molecular weight is 334 g/mol. The van der Waals surface area contributed by atoms with Gasteiger partial charge in [0.25, 0.3) is 11.5 Å². The summed E-state index contributed by atoms with van der Waals surface area (Å²) in [5, 5.41) is 0. The quantitative estimate of drug-likeness (QED) is 0.776. The molecule has 1 fully saturated rings. The maximum atomic E-state index is 12.9. The Balaban J connectivity index is 2.30. The maximum absolute atomic E-state index is 12.9. The van der Waals surface area contributed by atoms with E-state index in [9.17, 15) is 14.4 Å². The van der Waals surface area contributed by atoms with E-state index in [0.717, 1.165) is 12.8 Å². The monoisotopic (exact) mass is 334 g/mol. The van der Waals surface area contributed by atoms with Gasteiger partial charge >= 0.3 is 5.97 Å². The van der Waals surface area contributed by atoms with Crippen molar-refractivity contribution in [1.82, 2.24) is 9.47 Å². The zero-order valence-corrected chi connectivity index (χ0v) is 15.0. The fourth-order valence-electron chi connectivity index (χ4n) is 2.98. The predicted molar refractivity (Wildman–Crippen MR) is 90.8 cm³/mol. The third kappa shape index (κ3) is 4.04. The molecule has 1 aromatic rings. The van der Waals surface area contributed by atoms with Crippen LogP contribution >= 0.6 is 0 Å². The highest BCUT2D eigenvalue weighted by Crippen LogP contribution is 2.27. The number of hydrogen-bond donors (Lipinski definition) is 0. The number of hydrogen-bond acceptors (Lipinski definition) is 4. The lowest BCUT2D eigenvalue weighted by atomic mass is 9.90. The molecular formula is C18H26N2O4. The molecule has 2 rings (SSSR count). The number of pyridine rings is 1. The number of likely N-dealkylation sites (tertiary alicyclic amines) is 1. The fraction of sp³-hybridized carbons (Fsp3) is 0.611. The first kappa shape index (κ1) is 18.2. The van der Waals surface area contributed by atoms with Gasteiger partial charge in [-0.2, -0.15) is 0 Å². The number of aryl methyl sites for hydroxylation is 1. The first-order valence-electron chi connectivity index (χ1n) is 8.30. The van der Waals surface area contributed by atoms with Crippen LogP contribution < -0.4 is 5.56 Å². The van der Waals surface area contributed by atoms with Crippen molar-refractivity contribution in [2.75, 3.05) is 6.54 Å². The van der Waals surface area contributed by atoms with Gasteiger partial charge in [-0.15, -0.1) is 0 Å². The molecule has 0 N–H and O–H groups in total. The number of rotatable bonds is 2. The number of amides is 1. The molecule has 1 aliphatic rings. The molecule has 2 atom stereocenters. The molecule has 1 aliphatic heterocycles. The molecule has 0 bridgehead atoms. The summed E-state index contributed by atoms with van der Waals surface area (Å²) in [6.07, 6.45) is 3.26. The summed E-state index contributed by atoms with van der Waals surface area (Å²) < 4.78 is 6.91. The molecule has 0 aromatic carbocycles. The topological polar surface area (TPSA) is 68.6 Å². The van der Waals surface area contributed by atoms with E-state index in [1.54, 1.807) is 24.2 Å². The first-order valence-corrected chi connectivity index (χ1v) is 8.30. The van der Waals surface area contributed by atoms with Gasteiger partial charge in [-0.25, -0.2) is 4.79 Å². The second-order valence-corrected chi connectivity index (χ2v) is 7.46. The Morgan fingerprint density at radius 3 is 2.54 bits per heavy atom. The molecule has 0 radical (unpaired) electrons. The maximum Gasteiger partial charge on any atom is 0.329 e. The van der Waals surface area contributed by atoms with Crippen LogP contribution in [0.2, 0.25) is 0 Å². The summed E-state index contributed by atoms with van der Waals surface area (Å²) in [5.41, 5.74) is -0.549. The van der Waals surface area contributed by atoms with Crippen molar-refractivity contribution < 1.29 is 14.3 Å². The van der Waals surface area contributed by atoms with Crippen molar-refractivity contribution in [3.8, 4) is 0 Å². The van der Waals surface area contributed by atoms with Crippen molar-refractivity contribution >= 4 is 11.9 Å². The van der Waals surface area contributed by atoms with E-state index >= 15 is 0 Å². The Labute approximate surface area is 142 Å². The molecule has 1 aromatic heterocycles. The first-order chi connectivity index (χ1) is 11.1. The zero-order valence-electron chi connectivity index (χ0n) is 15.0. The van der Waals surface area contributed by atoms with E-state index in [0.29, 0.717) is 12.1 Å². The van der Waals surface area contributed by atoms with Gasteiger partial charge in [0.2, 0.25) is 0 Å². The number of carbonyl (C=O) groups excluding carboxylic acids is 2. The van der Waals surface area contributed by atoms with Gasteiger partial charge in [-0.1, -0.05) is 6.92 Å². The van der Waals surface area contributed by atoms with Crippen LogP contribution in [0.4, 0.5) is 0 Å². The molecule has 0 spiro atoms. The molecule has 6 nitrogen and oxygen atoms in total. The van der Waals surface area contributed by atoms with Gasteiger partial charge < -0.3 is 14.2 Å². The van der Waals surface area contributed by atoms with Crippen molar-refractivity contribution in [3.05, 3.63) is 34.2 Å². The number of ether oxygens (including phenoxy) is 1. The van der Waals surface area contributed by atoms with Crippen LogP contribution in [-0.4, -0.2) is 39.5 Å². The largest absolute Gasteiger partial charge is 0.458 e. The second-order valence-electron chi connectivity index (χ2n) is 7.46. The molecule has 6 heteroatoms. The minimum Gasteiger partial charge on any atom is -0.458 e.